The molecule has 1 atom stereocenters. The third-order valence-electron chi connectivity index (χ3n) is 5.34. The average molecular weight is 416 g/mol. The van der Waals surface area contributed by atoms with Crippen molar-refractivity contribution in [1.29, 1.82) is 0 Å². The van der Waals surface area contributed by atoms with Gasteiger partial charge in [-0.2, -0.15) is 0 Å². The summed E-state index contributed by atoms with van der Waals surface area (Å²) in [4.78, 5) is 29.2. The van der Waals surface area contributed by atoms with E-state index in [4.69, 9.17) is 0 Å². The van der Waals surface area contributed by atoms with E-state index in [9.17, 15) is 19.1 Å². The van der Waals surface area contributed by atoms with Crippen LogP contribution in [0, 0.1) is 5.82 Å². The molecule has 0 unspecified atom stereocenters. The SMILES string of the molecule is CN(C)c1ccc(N2C(=O)C(=O)C(=C(O)c3ccccc3)[C@@H]2c2ccccc2F)cc1. The average Bonchev–Trinajstić information content (AvgIpc) is 3.04. The summed E-state index contributed by atoms with van der Waals surface area (Å²) in [6.45, 7) is 0. The first-order valence-corrected chi connectivity index (χ1v) is 9.78. The van der Waals surface area contributed by atoms with E-state index in [0.717, 1.165) is 5.69 Å². The highest BCUT2D eigenvalue weighted by atomic mass is 19.1. The van der Waals surface area contributed by atoms with Crippen LogP contribution in [-0.2, 0) is 9.59 Å². The first-order valence-electron chi connectivity index (χ1n) is 9.78. The number of benzene rings is 3. The maximum atomic E-state index is 14.8. The molecule has 156 valence electrons. The fraction of sp³-hybridized carbons (Fsp3) is 0.120. The van der Waals surface area contributed by atoms with E-state index in [1.54, 1.807) is 48.5 Å². The largest absolute Gasteiger partial charge is 0.507 e. The molecule has 0 radical (unpaired) electrons. The zero-order chi connectivity index (χ0) is 22.1. The summed E-state index contributed by atoms with van der Waals surface area (Å²) in [6, 6.07) is 20.4. The standard InChI is InChI=1S/C25H21FN2O3/c1-27(2)17-12-14-18(15-13-17)28-22(19-10-6-7-11-20(19)26)21(24(30)25(28)31)23(29)16-8-4-3-5-9-16/h3-15,22,29H,1-2H3/t22-/m0/s1. The Balaban J connectivity index is 1.93. The monoisotopic (exact) mass is 416 g/mol. The van der Waals surface area contributed by atoms with Crippen LogP contribution in [0.15, 0.2) is 84.4 Å². The summed E-state index contributed by atoms with van der Waals surface area (Å²) in [5, 5.41) is 11.0. The first kappa shape index (κ1) is 20.3. The predicted octanol–water partition coefficient (Wildman–Crippen LogP) is 4.52. The summed E-state index contributed by atoms with van der Waals surface area (Å²) in [7, 11) is 3.78. The molecular weight excluding hydrogens is 395 g/mol. The lowest BCUT2D eigenvalue weighted by Gasteiger charge is -2.26. The molecule has 0 spiro atoms. The van der Waals surface area contributed by atoms with E-state index in [-0.39, 0.29) is 16.9 Å². The molecule has 1 aliphatic rings. The number of carbonyl (C=O) groups excluding carboxylic acids is 2. The van der Waals surface area contributed by atoms with Gasteiger partial charge in [-0.05, 0) is 30.3 Å². The zero-order valence-corrected chi connectivity index (χ0v) is 17.1. The van der Waals surface area contributed by atoms with Gasteiger partial charge in [0, 0.05) is 36.6 Å². The summed E-state index contributed by atoms with van der Waals surface area (Å²) in [5.74, 6) is -2.57. The minimum Gasteiger partial charge on any atom is -0.507 e. The number of halogens is 1. The van der Waals surface area contributed by atoms with E-state index in [2.05, 4.69) is 0 Å². The molecule has 5 nitrogen and oxygen atoms in total. The smallest absolute Gasteiger partial charge is 0.300 e. The van der Waals surface area contributed by atoms with Crippen LogP contribution in [0.1, 0.15) is 17.2 Å². The molecule has 3 aromatic carbocycles. The fourth-order valence-electron chi connectivity index (χ4n) is 3.75. The third kappa shape index (κ3) is 3.57. The molecular formula is C25H21FN2O3. The van der Waals surface area contributed by atoms with Crippen LogP contribution < -0.4 is 9.80 Å². The molecule has 1 amide bonds. The number of ketones is 1. The second-order valence-electron chi connectivity index (χ2n) is 7.47. The molecule has 0 aromatic heterocycles. The van der Waals surface area contributed by atoms with Gasteiger partial charge in [-0.3, -0.25) is 14.5 Å². The number of nitrogens with zero attached hydrogens (tertiary/aromatic N) is 2. The Morgan fingerprint density at radius 2 is 1.52 bits per heavy atom. The Morgan fingerprint density at radius 1 is 0.903 bits per heavy atom. The van der Waals surface area contributed by atoms with Gasteiger partial charge in [0.15, 0.2) is 0 Å². The summed E-state index contributed by atoms with van der Waals surface area (Å²) >= 11 is 0. The van der Waals surface area contributed by atoms with Gasteiger partial charge in [-0.1, -0.05) is 48.5 Å². The van der Waals surface area contributed by atoms with Crippen LogP contribution in [0.4, 0.5) is 15.8 Å². The second-order valence-corrected chi connectivity index (χ2v) is 7.47. The van der Waals surface area contributed by atoms with Crippen LogP contribution in [0.5, 0.6) is 0 Å². The van der Waals surface area contributed by atoms with E-state index < -0.39 is 23.5 Å². The molecule has 31 heavy (non-hydrogen) atoms. The molecule has 1 aliphatic heterocycles. The van der Waals surface area contributed by atoms with Crippen LogP contribution >= 0.6 is 0 Å². The van der Waals surface area contributed by atoms with Crippen molar-refractivity contribution in [3.8, 4) is 0 Å². The van der Waals surface area contributed by atoms with Gasteiger partial charge < -0.3 is 10.0 Å². The molecule has 1 saturated heterocycles. The number of aliphatic hydroxyl groups is 1. The van der Waals surface area contributed by atoms with Crippen molar-refractivity contribution < 1.29 is 19.1 Å². The van der Waals surface area contributed by atoms with Gasteiger partial charge in [0.1, 0.15) is 11.6 Å². The third-order valence-corrected chi connectivity index (χ3v) is 5.34. The van der Waals surface area contributed by atoms with E-state index in [0.29, 0.717) is 11.3 Å². The Hall–Kier alpha value is -3.93. The van der Waals surface area contributed by atoms with Gasteiger partial charge in [0.2, 0.25) is 0 Å². The van der Waals surface area contributed by atoms with Crippen molar-refractivity contribution >= 4 is 28.8 Å². The van der Waals surface area contributed by atoms with Crippen molar-refractivity contribution in [2.45, 2.75) is 6.04 Å². The zero-order valence-electron chi connectivity index (χ0n) is 17.1. The maximum absolute atomic E-state index is 14.8. The molecule has 3 aromatic rings. The second kappa shape index (κ2) is 8.07. The fourth-order valence-corrected chi connectivity index (χ4v) is 3.75. The Bertz CT molecular complexity index is 1170. The van der Waals surface area contributed by atoms with Crippen LogP contribution in [0.2, 0.25) is 0 Å². The van der Waals surface area contributed by atoms with Gasteiger partial charge in [-0.25, -0.2) is 4.39 Å². The Labute approximate surface area is 179 Å². The molecule has 6 heteroatoms. The van der Waals surface area contributed by atoms with E-state index in [1.807, 2.05) is 31.1 Å². The molecule has 0 aliphatic carbocycles. The molecule has 1 N–H and O–H groups in total. The lowest BCUT2D eigenvalue weighted by Crippen LogP contribution is -2.29. The van der Waals surface area contributed by atoms with Crippen LogP contribution in [0.3, 0.4) is 0 Å². The van der Waals surface area contributed by atoms with Gasteiger partial charge >= 0.3 is 0 Å². The van der Waals surface area contributed by atoms with Gasteiger partial charge in [0.05, 0.1) is 11.6 Å². The van der Waals surface area contributed by atoms with Crippen LogP contribution in [0.25, 0.3) is 5.76 Å². The normalized spacial score (nSPS) is 17.8. The summed E-state index contributed by atoms with van der Waals surface area (Å²) in [5.41, 5.74) is 1.72. The summed E-state index contributed by atoms with van der Waals surface area (Å²) < 4.78 is 14.8. The highest BCUT2D eigenvalue weighted by molar-refractivity contribution is 6.51. The minimum absolute atomic E-state index is 0.135. The molecule has 4 rings (SSSR count). The molecule has 0 bridgehead atoms. The lowest BCUT2D eigenvalue weighted by atomic mass is 9.94. The maximum Gasteiger partial charge on any atom is 0.300 e. The van der Waals surface area contributed by atoms with E-state index >= 15 is 0 Å². The first-order chi connectivity index (χ1) is 14.9. The van der Waals surface area contributed by atoms with Crippen molar-refractivity contribution in [3.63, 3.8) is 0 Å². The van der Waals surface area contributed by atoms with Crippen LogP contribution in [-0.4, -0.2) is 30.9 Å². The van der Waals surface area contributed by atoms with Gasteiger partial charge in [-0.15, -0.1) is 0 Å². The van der Waals surface area contributed by atoms with E-state index in [1.165, 1.54) is 23.1 Å². The number of Topliss-reactive ketones (excluding diaryl/α,β-unsaturated/α-hetero) is 1. The molecule has 0 saturated carbocycles. The Morgan fingerprint density at radius 3 is 2.13 bits per heavy atom. The number of hydrogen-bond donors (Lipinski definition) is 1. The van der Waals surface area contributed by atoms with Crippen molar-refractivity contribution in [2.75, 3.05) is 23.9 Å². The number of carbonyl (C=O) groups is 2. The number of rotatable bonds is 4. The number of amides is 1. The molecule has 1 fully saturated rings. The number of aliphatic hydroxyl groups excluding tert-OH is 1. The minimum atomic E-state index is -1.09. The predicted molar refractivity (Wildman–Crippen MR) is 118 cm³/mol. The van der Waals surface area contributed by atoms with Crippen molar-refractivity contribution in [1.82, 2.24) is 0 Å². The highest BCUT2D eigenvalue weighted by Gasteiger charge is 2.47. The topological polar surface area (TPSA) is 60.9 Å². The highest BCUT2D eigenvalue weighted by Crippen LogP contribution is 2.43. The number of anilines is 2. The quantitative estimate of drug-likeness (QED) is 0.386. The lowest BCUT2D eigenvalue weighted by molar-refractivity contribution is -0.132. The number of hydrogen-bond acceptors (Lipinski definition) is 4. The van der Waals surface area contributed by atoms with Crippen molar-refractivity contribution in [3.05, 3.63) is 101 Å². The molecule has 1 heterocycles. The van der Waals surface area contributed by atoms with Gasteiger partial charge in [0.25, 0.3) is 11.7 Å². The van der Waals surface area contributed by atoms with Crippen molar-refractivity contribution in [2.24, 2.45) is 0 Å². The summed E-state index contributed by atoms with van der Waals surface area (Å²) in [6.07, 6.45) is 0. The Kier molecular flexibility index (Phi) is 5.29.